The van der Waals surface area contributed by atoms with Crippen molar-refractivity contribution in [2.75, 3.05) is 25.5 Å². The van der Waals surface area contributed by atoms with Gasteiger partial charge in [-0.15, -0.1) is 0 Å². The third kappa shape index (κ3) is 6.05. The molecule has 0 fully saturated rings. The van der Waals surface area contributed by atoms with Crippen LogP contribution in [-0.4, -0.2) is 31.0 Å². The molecule has 0 saturated heterocycles. The zero-order chi connectivity index (χ0) is 17.4. The number of rotatable bonds is 8. The van der Waals surface area contributed by atoms with E-state index in [0.717, 1.165) is 12.2 Å². The number of carbonyl (C=O) groups is 1. The quantitative estimate of drug-likeness (QED) is 0.802. The maximum Gasteiger partial charge on any atom is 0.238 e. The van der Waals surface area contributed by atoms with E-state index in [1.54, 1.807) is 0 Å². The summed E-state index contributed by atoms with van der Waals surface area (Å²) in [5.74, 6) is 1.10. The van der Waals surface area contributed by atoms with Crippen molar-refractivity contribution in [1.82, 2.24) is 4.90 Å². The molecule has 2 aromatic carbocycles. The Balaban J connectivity index is 1.90. The van der Waals surface area contributed by atoms with Crippen LogP contribution in [0.15, 0.2) is 54.6 Å². The predicted octanol–water partition coefficient (Wildman–Crippen LogP) is 3.79. The standard InChI is InChI=1S/C20H26N2O2/c1-16(2)15-24-19-12-8-7-11-18(19)21-20(23)14-22(3)13-17-9-5-4-6-10-17/h4-12,16H,13-15H2,1-3H3,(H,21,23). The van der Waals surface area contributed by atoms with Gasteiger partial charge in [0.15, 0.2) is 0 Å². The first-order valence-electron chi connectivity index (χ1n) is 8.28. The largest absolute Gasteiger partial charge is 0.491 e. The van der Waals surface area contributed by atoms with E-state index in [1.807, 2.05) is 54.4 Å². The van der Waals surface area contributed by atoms with Gasteiger partial charge >= 0.3 is 0 Å². The van der Waals surface area contributed by atoms with Gasteiger partial charge in [0.2, 0.25) is 5.91 Å². The normalized spacial score (nSPS) is 10.9. The molecule has 0 atom stereocenters. The SMILES string of the molecule is CC(C)COc1ccccc1NC(=O)CN(C)Cc1ccccc1. The number of anilines is 1. The van der Waals surface area contributed by atoms with Crippen molar-refractivity contribution in [3.8, 4) is 5.75 Å². The Morgan fingerprint density at radius 2 is 1.75 bits per heavy atom. The molecule has 24 heavy (non-hydrogen) atoms. The molecular weight excluding hydrogens is 300 g/mol. The summed E-state index contributed by atoms with van der Waals surface area (Å²) in [5, 5.41) is 2.95. The van der Waals surface area contributed by atoms with Crippen LogP contribution >= 0.6 is 0 Å². The maximum atomic E-state index is 12.3. The van der Waals surface area contributed by atoms with E-state index in [9.17, 15) is 4.79 Å². The average molecular weight is 326 g/mol. The van der Waals surface area contributed by atoms with Gasteiger partial charge in [0.25, 0.3) is 0 Å². The van der Waals surface area contributed by atoms with Crippen LogP contribution in [0.25, 0.3) is 0 Å². The molecule has 4 nitrogen and oxygen atoms in total. The number of amides is 1. The van der Waals surface area contributed by atoms with Crippen LogP contribution in [0.5, 0.6) is 5.75 Å². The Bertz CT molecular complexity index is 641. The zero-order valence-corrected chi connectivity index (χ0v) is 14.7. The van der Waals surface area contributed by atoms with Crippen LogP contribution in [0.4, 0.5) is 5.69 Å². The molecule has 0 aromatic heterocycles. The highest BCUT2D eigenvalue weighted by Crippen LogP contribution is 2.24. The van der Waals surface area contributed by atoms with E-state index in [-0.39, 0.29) is 5.91 Å². The minimum Gasteiger partial charge on any atom is -0.491 e. The molecular formula is C20H26N2O2. The highest BCUT2D eigenvalue weighted by molar-refractivity contribution is 5.93. The number of nitrogens with zero attached hydrogens (tertiary/aromatic N) is 1. The molecule has 1 amide bonds. The van der Waals surface area contributed by atoms with Gasteiger partial charge in [0.05, 0.1) is 18.8 Å². The fourth-order valence-corrected chi connectivity index (χ4v) is 2.34. The molecule has 0 radical (unpaired) electrons. The molecule has 2 rings (SSSR count). The fraction of sp³-hybridized carbons (Fsp3) is 0.350. The number of benzene rings is 2. The van der Waals surface area contributed by atoms with E-state index >= 15 is 0 Å². The molecule has 4 heteroatoms. The molecule has 0 aliphatic rings. The number of hydrogen-bond acceptors (Lipinski definition) is 3. The molecule has 1 N–H and O–H groups in total. The van der Waals surface area contributed by atoms with Crippen LogP contribution in [-0.2, 0) is 11.3 Å². The van der Waals surface area contributed by atoms with Gasteiger partial charge in [-0.2, -0.15) is 0 Å². The van der Waals surface area contributed by atoms with Crippen molar-refractivity contribution in [2.24, 2.45) is 5.92 Å². The molecule has 0 aliphatic carbocycles. The summed E-state index contributed by atoms with van der Waals surface area (Å²) in [6, 6.07) is 17.7. The Morgan fingerprint density at radius 1 is 1.08 bits per heavy atom. The number of carbonyl (C=O) groups excluding carboxylic acids is 1. The predicted molar refractivity (Wildman–Crippen MR) is 98.2 cm³/mol. The lowest BCUT2D eigenvalue weighted by Crippen LogP contribution is -2.30. The highest BCUT2D eigenvalue weighted by atomic mass is 16.5. The lowest BCUT2D eigenvalue weighted by Gasteiger charge is -2.18. The van der Waals surface area contributed by atoms with Gasteiger partial charge in [-0.05, 0) is 30.7 Å². The highest BCUT2D eigenvalue weighted by Gasteiger charge is 2.11. The Hall–Kier alpha value is -2.33. The van der Waals surface area contributed by atoms with Crippen molar-refractivity contribution in [2.45, 2.75) is 20.4 Å². The second-order valence-electron chi connectivity index (χ2n) is 6.41. The Morgan fingerprint density at radius 3 is 2.46 bits per heavy atom. The Labute approximate surface area is 144 Å². The number of hydrogen-bond donors (Lipinski definition) is 1. The third-order valence-electron chi connectivity index (χ3n) is 3.44. The smallest absolute Gasteiger partial charge is 0.238 e. The van der Waals surface area contributed by atoms with Crippen LogP contribution in [0.1, 0.15) is 19.4 Å². The molecule has 0 unspecified atom stereocenters. The lowest BCUT2D eigenvalue weighted by molar-refractivity contribution is -0.117. The van der Waals surface area contributed by atoms with Crippen LogP contribution in [0.2, 0.25) is 0 Å². The first-order valence-corrected chi connectivity index (χ1v) is 8.28. The number of likely N-dealkylation sites (N-methyl/N-ethyl adjacent to an activating group) is 1. The zero-order valence-electron chi connectivity index (χ0n) is 14.7. The summed E-state index contributed by atoms with van der Waals surface area (Å²) in [5.41, 5.74) is 1.91. The first-order chi connectivity index (χ1) is 11.5. The van der Waals surface area contributed by atoms with Crippen molar-refractivity contribution >= 4 is 11.6 Å². The van der Waals surface area contributed by atoms with E-state index in [2.05, 4.69) is 31.3 Å². The van der Waals surface area contributed by atoms with Crippen LogP contribution in [0, 0.1) is 5.92 Å². The molecule has 0 aliphatic heterocycles. The maximum absolute atomic E-state index is 12.3. The molecule has 2 aromatic rings. The van der Waals surface area contributed by atoms with Crippen molar-refractivity contribution < 1.29 is 9.53 Å². The molecule has 0 heterocycles. The minimum absolute atomic E-state index is 0.0472. The van der Waals surface area contributed by atoms with E-state index < -0.39 is 0 Å². The lowest BCUT2D eigenvalue weighted by atomic mass is 10.2. The summed E-state index contributed by atoms with van der Waals surface area (Å²) in [6.07, 6.45) is 0. The van der Waals surface area contributed by atoms with Crippen LogP contribution in [0.3, 0.4) is 0 Å². The van der Waals surface area contributed by atoms with Crippen molar-refractivity contribution in [3.63, 3.8) is 0 Å². The minimum atomic E-state index is -0.0472. The van der Waals surface area contributed by atoms with Crippen molar-refractivity contribution in [1.29, 1.82) is 0 Å². The first kappa shape index (κ1) is 18.0. The Kier molecular flexibility index (Phi) is 6.82. The average Bonchev–Trinajstić information content (AvgIpc) is 2.54. The molecule has 0 spiro atoms. The van der Waals surface area contributed by atoms with Gasteiger partial charge in [-0.3, -0.25) is 9.69 Å². The van der Waals surface area contributed by atoms with E-state index in [1.165, 1.54) is 5.56 Å². The van der Waals surface area contributed by atoms with Gasteiger partial charge in [0, 0.05) is 6.54 Å². The fourth-order valence-electron chi connectivity index (χ4n) is 2.34. The molecule has 128 valence electrons. The number of ether oxygens (including phenoxy) is 1. The topological polar surface area (TPSA) is 41.6 Å². The summed E-state index contributed by atoms with van der Waals surface area (Å²) >= 11 is 0. The monoisotopic (exact) mass is 326 g/mol. The summed E-state index contributed by atoms with van der Waals surface area (Å²) in [4.78, 5) is 14.3. The van der Waals surface area contributed by atoms with Gasteiger partial charge in [-0.25, -0.2) is 0 Å². The van der Waals surface area contributed by atoms with Gasteiger partial charge in [-0.1, -0.05) is 56.3 Å². The van der Waals surface area contributed by atoms with Crippen molar-refractivity contribution in [3.05, 3.63) is 60.2 Å². The number of para-hydroxylation sites is 2. The van der Waals surface area contributed by atoms with Crippen LogP contribution < -0.4 is 10.1 Å². The van der Waals surface area contributed by atoms with E-state index in [0.29, 0.717) is 24.8 Å². The molecule has 0 saturated carbocycles. The summed E-state index contributed by atoms with van der Waals surface area (Å²) in [7, 11) is 1.94. The second kappa shape index (κ2) is 9.08. The molecule has 0 bridgehead atoms. The second-order valence-corrected chi connectivity index (χ2v) is 6.41. The third-order valence-corrected chi connectivity index (χ3v) is 3.44. The summed E-state index contributed by atoms with van der Waals surface area (Å²) < 4.78 is 5.77. The summed E-state index contributed by atoms with van der Waals surface area (Å²) in [6.45, 7) is 5.88. The van der Waals surface area contributed by atoms with Gasteiger partial charge < -0.3 is 10.1 Å². The van der Waals surface area contributed by atoms with Gasteiger partial charge in [0.1, 0.15) is 5.75 Å². The number of nitrogens with one attached hydrogen (secondary N) is 1. The van der Waals surface area contributed by atoms with E-state index in [4.69, 9.17) is 4.74 Å².